The lowest BCUT2D eigenvalue weighted by Gasteiger charge is -2.15. The van der Waals surface area contributed by atoms with Crippen LogP contribution in [0.15, 0.2) is 47.8 Å². The average molecular weight is 474 g/mol. The summed E-state index contributed by atoms with van der Waals surface area (Å²) >= 11 is 7.31. The van der Waals surface area contributed by atoms with Gasteiger partial charge in [0.1, 0.15) is 22.5 Å². The highest BCUT2D eigenvalue weighted by atomic mass is 35.5. The second-order valence-corrected chi connectivity index (χ2v) is 8.39. The van der Waals surface area contributed by atoms with Crippen molar-refractivity contribution >= 4 is 40.6 Å². The molecule has 0 unspecified atom stereocenters. The highest BCUT2D eigenvalue weighted by Gasteiger charge is 2.23. The average Bonchev–Trinajstić information content (AvgIpc) is 3.13. The summed E-state index contributed by atoms with van der Waals surface area (Å²) in [5, 5.41) is 17.2. The first-order chi connectivity index (χ1) is 15.4. The van der Waals surface area contributed by atoms with Gasteiger partial charge in [-0.2, -0.15) is 0 Å². The summed E-state index contributed by atoms with van der Waals surface area (Å²) in [5.74, 6) is -0.116. The first-order valence-electron chi connectivity index (χ1n) is 10.00. The first kappa shape index (κ1) is 23.6. The van der Waals surface area contributed by atoms with Crippen molar-refractivity contribution in [3.8, 4) is 5.75 Å². The molecule has 0 aliphatic heterocycles. The molecule has 1 aromatic carbocycles. The van der Waals surface area contributed by atoms with E-state index in [9.17, 15) is 14.7 Å². The van der Waals surface area contributed by atoms with Gasteiger partial charge in [0.2, 0.25) is 0 Å². The maximum atomic E-state index is 12.4. The lowest BCUT2D eigenvalue weighted by Crippen LogP contribution is -2.42. The van der Waals surface area contributed by atoms with E-state index in [2.05, 4.69) is 15.6 Å². The van der Waals surface area contributed by atoms with Crippen LogP contribution in [0.1, 0.15) is 26.5 Å². The summed E-state index contributed by atoms with van der Waals surface area (Å²) in [5.41, 5.74) is 2.48. The summed E-state index contributed by atoms with van der Waals surface area (Å²) in [4.78, 5) is 28.9. The minimum absolute atomic E-state index is 0.143. The molecule has 3 rings (SSSR count). The zero-order chi connectivity index (χ0) is 23.1. The van der Waals surface area contributed by atoms with Gasteiger partial charge in [-0.3, -0.25) is 4.79 Å². The van der Waals surface area contributed by atoms with Gasteiger partial charge in [0.05, 0.1) is 11.6 Å². The van der Waals surface area contributed by atoms with Gasteiger partial charge in [0, 0.05) is 25.6 Å². The number of ether oxygens (including phenoxy) is 1. The van der Waals surface area contributed by atoms with Gasteiger partial charge in [0.15, 0.2) is 0 Å². The van der Waals surface area contributed by atoms with Gasteiger partial charge in [-0.1, -0.05) is 29.8 Å². The maximum Gasteiger partial charge on any atom is 0.326 e. The third-order valence-electron chi connectivity index (χ3n) is 4.76. The molecule has 0 saturated carbocycles. The Morgan fingerprint density at radius 1 is 1.22 bits per heavy atom. The van der Waals surface area contributed by atoms with Crippen LogP contribution in [0.25, 0.3) is 0 Å². The highest BCUT2D eigenvalue weighted by Crippen LogP contribution is 2.27. The van der Waals surface area contributed by atoms with Crippen LogP contribution in [0.2, 0.25) is 5.02 Å². The molecule has 1 amide bonds. The normalized spacial score (nSPS) is 11.6. The molecule has 7 nitrogen and oxygen atoms in total. The molecule has 0 bridgehead atoms. The third kappa shape index (κ3) is 6.21. The number of rotatable bonds is 10. The van der Waals surface area contributed by atoms with E-state index in [1.54, 1.807) is 36.6 Å². The number of hydrogen-bond acceptors (Lipinski definition) is 6. The molecule has 32 heavy (non-hydrogen) atoms. The molecular weight excluding hydrogens is 450 g/mol. The van der Waals surface area contributed by atoms with Crippen LogP contribution >= 0.6 is 22.9 Å². The lowest BCUT2D eigenvalue weighted by molar-refractivity contribution is -0.139. The molecule has 2 aromatic heterocycles. The SMILES string of the molecule is CNc1cccc(CCOc2ccc(C[C@H](NC(=O)c3scc(C)c3Cl)C(=O)O)cc2)n1. The number of thiophene rings is 1. The van der Waals surface area contributed by atoms with E-state index in [1.165, 1.54) is 11.3 Å². The number of aromatic nitrogens is 1. The van der Waals surface area contributed by atoms with Crippen molar-refractivity contribution in [2.45, 2.75) is 25.8 Å². The number of halogens is 1. The van der Waals surface area contributed by atoms with Crippen molar-refractivity contribution in [3.63, 3.8) is 0 Å². The van der Waals surface area contributed by atoms with Gasteiger partial charge in [-0.15, -0.1) is 11.3 Å². The Balaban J connectivity index is 1.55. The largest absolute Gasteiger partial charge is 0.493 e. The number of carboxylic acid groups (broad SMARTS) is 1. The van der Waals surface area contributed by atoms with Crippen molar-refractivity contribution in [3.05, 3.63) is 74.6 Å². The molecule has 3 N–H and O–H groups in total. The van der Waals surface area contributed by atoms with Crippen LogP contribution in [0.4, 0.5) is 5.82 Å². The van der Waals surface area contributed by atoms with E-state index in [0.29, 0.717) is 28.7 Å². The van der Waals surface area contributed by atoms with Crippen molar-refractivity contribution in [2.24, 2.45) is 0 Å². The Bertz CT molecular complexity index is 1090. The molecule has 0 aliphatic carbocycles. The number of carbonyl (C=O) groups is 2. The number of benzene rings is 1. The Labute approximate surface area is 195 Å². The van der Waals surface area contributed by atoms with Crippen molar-refractivity contribution in [2.75, 3.05) is 19.0 Å². The molecule has 168 valence electrons. The molecule has 0 aliphatic rings. The van der Waals surface area contributed by atoms with Gasteiger partial charge >= 0.3 is 5.97 Å². The van der Waals surface area contributed by atoms with Crippen molar-refractivity contribution < 1.29 is 19.4 Å². The molecule has 1 atom stereocenters. The number of pyridine rings is 1. The standard InChI is InChI=1S/C23H24ClN3O4S/c1-14-13-32-21(20(14)24)22(28)27-18(23(29)30)12-15-6-8-17(9-7-15)31-11-10-16-4-3-5-19(25-2)26-16/h3-9,13,18H,10-12H2,1-2H3,(H,25,26)(H,27,28)(H,29,30)/t18-/m0/s1. The quantitative estimate of drug-likeness (QED) is 0.408. The molecule has 3 aromatic rings. The fourth-order valence-corrected chi connectivity index (χ4v) is 4.18. The predicted octanol–water partition coefficient (Wildman–Crippen LogP) is 4.19. The van der Waals surface area contributed by atoms with E-state index in [0.717, 1.165) is 22.6 Å². The minimum Gasteiger partial charge on any atom is -0.493 e. The number of carboxylic acids is 1. The first-order valence-corrected chi connectivity index (χ1v) is 11.3. The summed E-state index contributed by atoms with van der Waals surface area (Å²) in [6.07, 6.45) is 0.805. The van der Waals surface area contributed by atoms with Crippen LogP contribution in [0.3, 0.4) is 0 Å². The predicted molar refractivity (Wildman–Crippen MR) is 126 cm³/mol. The third-order valence-corrected chi connectivity index (χ3v) is 6.46. The number of carbonyl (C=O) groups excluding carboxylic acids is 1. The molecule has 2 heterocycles. The molecule has 9 heteroatoms. The van der Waals surface area contributed by atoms with Crippen molar-refractivity contribution in [1.29, 1.82) is 0 Å². The Morgan fingerprint density at radius 2 is 1.97 bits per heavy atom. The molecule has 0 spiro atoms. The number of aryl methyl sites for hydroxylation is 1. The second kappa shape index (κ2) is 11.0. The van der Waals surface area contributed by atoms with Crippen LogP contribution in [0, 0.1) is 6.92 Å². The number of aliphatic carboxylic acids is 1. The summed E-state index contributed by atoms with van der Waals surface area (Å²) in [7, 11) is 1.82. The Kier molecular flexibility index (Phi) is 8.08. The minimum atomic E-state index is -1.11. The van der Waals surface area contributed by atoms with Gasteiger partial charge < -0.3 is 20.5 Å². The second-order valence-electron chi connectivity index (χ2n) is 7.14. The number of nitrogens with zero attached hydrogens (tertiary/aromatic N) is 1. The van der Waals surface area contributed by atoms with E-state index in [4.69, 9.17) is 16.3 Å². The smallest absolute Gasteiger partial charge is 0.326 e. The van der Waals surface area contributed by atoms with Crippen LogP contribution in [0.5, 0.6) is 5.75 Å². The van der Waals surface area contributed by atoms with Gasteiger partial charge in [0.25, 0.3) is 5.91 Å². The monoisotopic (exact) mass is 473 g/mol. The van der Waals surface area contributed by atoms with Gasteiger partial charge in [-0.05, 0) is 47.7 Å². The highest BCUT2D eigenvalue weighted by molar-refractivity contribution is 7.13. The number of hydrogen-bond donors (Lipinski definition) is 3. The van der Waals surface area contributed by atoms with E-state index in [1.807, 2.05) is 25.2 Å². The zero-order valence-electron chi connectivity index (χ0n) is 17.7. The fraction of sp³-hybridized carbons (Fsp3) is 0.261. The summed E-state index contributed by atoms with van der Waals surface area (Å²) in [6.45, 7) is 2.26. The van der Waals surface area contributed by atoms with Gasteiger partial charge in [-0.25, -0.2) is 9.78 Å². The van der Waals surface area contributed by atoms with E-state index >= 15 is 0 Å². The van der Waals surface area contributed by atoms with Crippen LogP contribution in [-0.4, -0.2) is 41.7 Å². The fourth-order valence-electron chi connectivity index (χ4n) is 3.00. The molecule has 0 fully saturated rings. The van der Waals surface area contributed by atoms with Crippen LogP contribution in [-0.2, 0) is 17.6 Å². The van der Waals surface area contributed by atoms with E-state index < -0.39 is 17.9 Å². The van der Waals surface area contributed by atoms with Crippen molar-refractivity contribution in [1.82, 2.24) is 10.3 Å². The molecule has 0 saturated heterocycles. The number of anilines is 1. The van der Waals surface area contributed by atoms with E-state index in [-0.39, 0.29) is 6.42 Å². The summed E-state index contributed by atoms with van der Waals surface area (Å²) < 4.78 is 5.77. The van der Waals surface area contributed by atoms with Crippen LogP contribution < -0.4 is 15.4 Å². The topological polar surface area (TPSA) is 101 Å². The number of nitrogens with one attached hydrogen (secondary N) is 2. The molecule has 0 radical (unpaired) electrons. The Morgan fingerprint density at radius 3 is 2.59 bits per heavy atom. The Hall–Kier alpha value is -3.10. The molecular formula is C23H24ClN3O4S. The summed E-state index contributed by atoms with van der Waals surface area (Å²) in [6, 6.07) is 11.9. The zero-order valence-corrected chi connectivity index (χ0v) is 19.3. The number of amides is 1. The lowest BCUT2D eigenvalue weighted by atomic mass is 10.1. The maximum absolute atomic E-state index is 12.4.